The summed E-state index contributed by atoms with van der Waals surface area (Å²) in [7, 11) is 0. The van der Waals surface area contributed by atoms with Crippen molar-refractivity contribution in [3.63, 3.8) is 0 Å². The molecule has 0 aromatic heterocycles. The fourth-order valence-electron chi connectivity index (χ4n) is 1.18. The molecule has 3 N–H and O–H groups in total. The van der Waals surface area contributed by atoms with Crippen LogP contribution < -0.4 is 5.73 Å². The van der Waals surface area contributed by atoms with Gasteiger partial charge in [0.2, 0.25) is 0 Å². The van der Waals surface area contributed by atoms with Crippen molar-refractivity contribution in [2.24, 2.45) is 5.73 Å². The first-order valence-corrected chi connectivity index (χ1v) is 7.23. The zero-order valence-corrected chi connectivity index (χ0v) is 10.6. The van der Waals surface area contributed by atoms with Gasteiger partial charge in [0.15, 0.2) is 0 Å². The fourth-order valence-corrected chi connectivity index (χ4v) is 3.23. The number of nitrogens with two attached hydrogens (primary N) is 1. The minimum absolute atomic E-state index is 0.0517. The first-order chi connectivity index (χ1) is 8.02. The van der Waals surface area contributed by atoms with Gasteiger partial charge in [0.25, 0.3) is 0 Å². The van der Waals surface area contributed by atoms with Crippen molar-refractivity contribution in [2.45, 2.75) is 16.7 Å². The van der Waals surface area contributed by atoms with Crippen LogP contribution in [0.25, 0.3) is 0 Å². The van der Waals surface area contributed by atoms with Gasteiger partial charge in [0.1, 0.15) is 0 Å². The number of carboxylic acid groups (broad SMARTS) is 1. The van der Waals surface area contributed by atoms with Crippen LogP contribution in [0.4, 0.5) is 5.69 Å². The normalized spacial score (nSPS) is 12.1. The number of carboxylic acids is 1. The van der Waals surface area contributed by atoms with E-state index in [1.54, 1.807) is 18.2 Å². The predicted octanol–water partition coefficient (Wildman–Crippen LogP) is 0.629. The molecule has 92 valence electrons. The molecule has 0 unspecified atom stereocenters. The Kier molecular flexibility index (Phi) is 5.08. The van der Waals surface area contributed by atoms with Crippen molar-refractivity contribution in [3.8, 4) is 0 Å². The SMILES string of the molecule is N[C@@H](C[Se]Cc1ccccc1[N+](=O)[O-])C(=O)O. The zero-order valence-electron chi connectivity index (χ0n) is 8.91. The van der Waals surface area contributed by atoms with E-state index >= 15 is 0 Å². The van der Waals surface area contributed by atoms with Gasteiger partial charge in [-0.2, -0.15) is 0 Å². The maximum atomic E-state index is 10.7. The topological polar surface area (TPSA) is 106 Å². The second-order valence-electron chi connectivity index (χ2n) is 3.35. The molecule has 1 aromatic rings. The molecule has 6 nitrogen and oxygen atoms in total. The van der Waals surface area contributed by atoms with Crippen molar-refractivity contribution in [1.29, 1.82) is 0 Å². The van der Waals surface area contributed by atoms with Crippen molar-refractivity contribution >= 4 is 26.6 Å². The quantitative estimate of drug-likeness (QED) is 0.455. The van der Waals surface area contributed by atoms with Crippen LogP contribution in [0.1, 0.15) is 5.56 Å². The average Bonchev–Trinajstić information content (AvgIpc) is 2.29. The molecule has 0 saturated heterocycles. The Morgan fingerprint density at radius 2 is 2.18 bits per heavy atom. The number of nitrogens with zero attached hydrogens (tertiary/aromatic N) is 1. The van der Waals surface area contributed by atoms with E-state index in [9.17, 15) is 14.9 Å². The van der Waals surface area contributed by atoms with Gasteiger partial charge in [-0.15, -0.1) is 0 Å². The third-order valence-corrected chi connectivity index (χ3v) is 4.39. The number of nitro benzene ring substituents is 1. The van der Waals surface area contributed by atoms with Crippen LogP contribution >= 0.6 is 0 Å². The Morgan fingerprint density at radius 3 is 2.76 bits per heavy atom. The molecule has 7 heteroatoms. The summed E-state index contributed by atoms with van der Waals surface area (Å²) < 4.78 is 0. The van der Waals surface area contributed by atoms with Gasteiger partial charge < -0.3 is 0 Å². The molecule has 0 aliphatic carbocycles. The van der Waals surface area contributed by atoms with Gasteiger partial charge in [0, 0.05) is 0 Å². The molecular formula is C10H12N2O4Se. The number of nitro groups is 1. The molecule has 1 aromatic carbocycles. The van der Waals surface area contributed by atoms with E-state index in [1.807, 2.05) is 0 Å². The molecule has 0 aliphatic heterocycles. The summed E-state index contributed by atoms with van der Waals surface area (Å²) in [4.78, 5) is 20.8. The van der Waals surface area contributed by atoms with Crippen LogP contribution in [-0.4, -0.2) is 37.0 Å². The Hall–Kier alpha value is -1.43. The molecule has 0 spiro atoms. The molecule has 1 atom stereocenters. The summed E-state index contributed by atoms with van der Waals surface area (Å²) >= 11 is -0.0517. The van der Waals surface area contributed by atoms with E-state index in [4.69, 9.17) is 10.8 Å². The van der Waals surface area contributed by atoms with Crippen molar-refractivity contribution in [2.75, 3.05) is 0 Å². The Morgan fingerprint density at radius 1 is 1.53 bits per heavy atom. The first kappa shape index (κ1) is 13.6. The molecule has 0 amide bonds. The second-order valence-corrected chi connectivity index (χ2v) is 5.51. The van der Waals surface area contributed by atoms with E-state index < -0.39 is 16.9 Å². The predicted molar refractivity (Wildman–Crippen MR) is 63.0 cm³/mol. The first-order valence-electron chi connectivity index (χ1n) is 4.80. The number of hydrogen-bond donors (Lipinski definition) is 2. The number of aliphatic carboxylic acids is 1. The fraction of sp³-hybridized carbons (Fsp3) is 0.300. The van der Waals surface area contributed by atoms with Gasteiger partial charge in [0.05, 0.1) is 0 Å². The van der Waals surface area contributed by atoms with Gasteiger partial charge in [-0.05, 0) is 0 Å². The van der Waals surface area contributed by atoms with Gasteiger partial charge in [-0.3, -0.25) is 0 Å². The summed E-state index contributed by atoms with van der Waals surface area (Å²) in [6.45, 7) is 0. The number of rotatable bonds is 6. The van der Waals surface area contributed by atoms with Crippen LogP contribution in [0, 0.1) is 10.1 Å². The van der Waals surface area contributed by atoms with E-state index in [2.05, 4.69) is 0 Å². The zero-order chi connectivity index (χ0) is 12.8. The van der Waals surface area contributed by atoms with Crippen molar-refractivity contribution in [3.05, 3.63) is 39.9 Å². The van der Waals surface area contributed by atoms with Gasteiger partial charge in [-0.1, -0.05) is 0 Å². The van der Waals surface area contributed by atoms with Gasteiger partial charge in [-0.25, -0.2) is 0 Å². The summed E-state index contributed by atoms with van der Waals surface area (Å²) in [5.74, 6) is -1.03. The van der Waals surface area contributed by atoms with Crippen LogP contribution in [0.3, 0.4) is 0 Å². The molecule has 0 saturated carbocycles. The monoisotopic (exact) mass is 304 g/mol. The van der Waals surface area contributed by atoms with E-state index in [1.165, 1.54) is 6.07 Å². The van der Waals surface area contributed by atoms with E-state index in [0.717, 1.165) is 0 Å². The summed E-state index contributed by atoms with van der Waals surface area (Å²) in [6.07, 6.45) is 0. The van der Waals surface area contributed by atoms with Crippen molar-refractivity contribution in [1.82, 2.24) is 0 Å². The average molecular weight is 303 g/mol. The maximum absolute atomic E-state index is 10.7. The summed E-state index contributed by atoms with van der Waals surface area (Å²) in [5.41, 5.74) is 6.08. The molecule has 0 fully saturated rings. The third-order valence-electron chi connectivity index (χ3n) is 2.06. The molecule has 0 heterocycles. The van der Waals surface area contributed by atoms with Crippen molar-refractivity contribution < 1.29 is 14.8 Å². The summed E-state index contributed by atoms with van der Waals surface area (Å²) in [6, 6.07) is 5.60. The number of carbonyl (C=O) groups is 1. The van der Waals surface area contributed by atoms with Crippen LogP contribution in [0.5, 0.6) is 0 Å². The van der Waals surface area contributed by atoms with E-state index in [-0.39, 0.29) is 20.6 Å². The van der Waals surface area contributed by atoms with E-state index in [0.29, 0.717) is 16.2 Å². The third kappa shape index (κ3) is 4.14. The number of benzene rings is 1. The van der Waals surface area contributed by atoms with Crippen LogP contribution in [0.2, 0.25) is 5.32 Å². The molecule has 1 rings (SSSR count). The molecule has 0 bridgehead atoms. The Bertz CT molecular complexity index is 425. The molecule has 17 heavy (non-hydrogen) atoms. The second kappa shape index (κ2) is 6.34. The Balaban J connectivity index is 2.58. The summed E-state index contributed by atoms with van der Waals surface area (Å²) in [5, 5.41) is 20.2. The Labute approximate surface area is 104 Å². The van der Waals surface area contributed by atoms with Crippen LogP contribution in [-0.2, 0) is 10.1 Å². The standard InChI is InChI=1S/C10H12N2O4Se/c11-8(10(13)14)6-17-5-7-3-1-2-4-9(7)12(15)16/h1-4,8H,5-6,11H2,(H,13,14)/t8-/m0/s1. The van der Waals surface area contributed by atoms with Gasteiger partial charge >= 0.3 is 104 Å². The number of para-hydroxylation sites is 1. The minimum atomic E-state index is -1.03. The number of hydrogen-bond acceptors (Lipinski definition) is 4. The molecular weight excluding hydrogens is 291 g/mol. The molecule has 0 aliphatic rings. The molecule has 0 radical (unpaired) electrons. The van der Waals surface area contributed by atoms with Crippen LogP contribution in [0.15, 0.2) is 24.3 Å².